The van der Waals surface area contributed by atoms with E-state index in [-0.39, 0.29) is 24.1 Å². The first-order chi connectivity index (χ1) is 23.5. The van der Waals surface area contributed by atoms with Gasteiger partial charge in [0.05, 0.1) is 28.6 Å². The predicted octanol–water partition coefficient (Wildman–Crippen LogP) is 6.95. The third-order valence-corrected chi connectivity index (χ3v) is 11.3. The summed E-state index contributed by atoms with van der Waals surface area (Å²) in [5.74, 6) is 1.19. The molecule has 2 saturated heterocycles. The molecule has 1 aromatic heterocycles. The average molecular weight is 691 g/mol. The maximum absolute atomic E-state index is 12.9. The standard InChI is InChI=1S/C38H51ClN6O4/c1-37(2,3)49-36(47)45-24-38(25-45)16-18-44(19-17-38)30-11-5-26(6-12-30)4-8-29-22-42-34(23-41-29)35(46)43-28-9-14-31(15-10-28)48-32-13-7-27(21-40)33(39)20-32/h7,13,20,22-23,26,28,30-31H,4-6,8-12,14-19,24-25H2,1-3H3,(H,43,46). The van der Waals surface area contributed by atoms with E-state index in [0.717, 1.165) is 70.4 Å². The van der Waals surface area contributed by atoms with Gasteiger partial charge in [-0.15, -0.1) is 0 Å². The van der Waals surface area contributed by atoms with Gasteiger partial charge >= 0.3 is 6.09 Å². The van der Waals surface area contributed by atoms with Crippen LogP contribution in [0.5, 0.6) is 5.75 Å². The summed E-state index contributed by atoms with van der Waals surface area (Å²) in [5.41, 5.74) is 1.59. The summed E-state index contributed by atoms with van der Waals surface area (Å²) in [4.78, 5) is 38.9. The molecule has 1 spiro atoms. The van der Waals surface area contributed by atoms with Crippen molar-refractivity contribution in [2.45, 2.75) is 122 Å². The Morgan fingerprint density at radius 3 is 2.35 bits per heavy atom. The molecule has 1 aromatic carbocycles. The molecule has 1 N–H and O–H groups in total. The fourth-order valence-electron chi connectivity index (χ4n) is 8.09. The molecule has 4 fully saturated rings. The van der Waals surface area contributed by atoms with Crippen LogP contribution in [0.4, 0.5) is 4.79 Å². The summed E-state index contributed by atoms with van der Waals surface area (Å²) in [6.45, 7) is 9.72. The SMILES string of the molecule is CC(C)(C)OC(=O)N1CC2(CCN(C3CCC(CCc4cnc(C(=O)NC5CCC(Oc6ccc(C#N)c(Cl)c6)CC5)cn4)CC3)CC2)C1. The highest BCUT2D eigenvalue weighted by atomic mass is 35.5. The van der Waals surface area contributed by atoms with Crippen molar-refractivity contribution in [1.29, 1.82) is 5.26 Å². The minimum absolute atomic E-state index is 0.0519. The molecule has 3 heterocycles. The van der Waals surface area contributed by atoms with Gasteiger partial charge in [-0.3, -0.25) is 9.78 Å². The van der Waals surface area contributed by atoms with Gasteiger partial charge in [0.15, 0.2) is 0 Å². The number of halogens is 1. The molecule has 2 saturated carbocycles. The van der Waals surface area contributed by atoms with Crippen molar-refractivity contribution in [2.75, 3.05) is 26.2 Å². The number of nitrogens with one attached hydrogen (secondary N) is 1. The lowest BCUT2D eigenvalue weighted by atomic mass is 9.71. The Hall–Kier alpha value is -3.42. The number of carbonyl (C=O) groups excluding carboxylic acids is 2. The van der Waals surface area contributed by atoms with E-state index < -0.39 is 5.60 Å². The molecule has 0 radical (unpaired) electrons. The highest BCUT2D eigenvalue weighted by Crippen LogP contribution is 2.43. The third-order valence-electron chi connectivity index (χ3n) is 11.0. The smallest absolute Gasteiger partial charge is 0.410 e. The lowest BCUT2D eigenvalue weighted by Gasteiger charge is -2.54. The number of benzene rings is 1. The van der Waals surface area contributed by atoms with Crippen LogP contribution >= 0.6 is 11.6 Å². The number of ether oxygens (including phenoxy) is 2. The number of nitriles is 1. The first kappa shape index (κ1) is 35.4. The highest BCUT2D eigenvalue weighted by molar-refractivity contribution is 6.31. The van der Waals surface area contributed by atoms with Crippen LogP contribution in [0.2, 0.25) is 5.02 Å². The molecular weight excluding hydrogens is 640 g/mol. The van der Waals surface area contributed by atoms with Crippen LogP contribution < -0.4 is 10.1 Å². The Kier molecular flexibility index (Phi) is 11.0. The first-order valence-electron chi connectivity index (χ1n) is 18.2. The molecule has 264 valence electrons. The highest BCUT2D eigenvalue weighted by Gasteiger charge is 2.48. The van der Waals surface area contributed by atoms with E-state index in [1.807, 2.05) is 25.7 Å². The van der Waals surface area contributed by atoms with Gasteiger partial charge in [-0.05, 0) is 129 Å². The third kappa shape index (κ3) is 9.23. The first-order valence-corrected chi connectivity index (χ1v) is 18.6. The zero-order valence-electron chi connectivity index (χ0n) is 29.3. The van der Waals surface area contributed by atoms with Gasteiger partial charge in [0.1, 0.15) is 23.1 Å². The number of nitrogens with zero attached hydrogens (tertiary/aromatic N) is 5. The number of hydrogen-bond acceptors (Lipinski definition) is 8. The largest absolute Gasteiger partial charge is 0.490 e. The molecule has 49 heavy (non-hydrogen) atoms. The van der Waals surface area contributed by atoms with Crippen LogP contribution in [-0.2, 0) is 11.2 Å². The van der Waals surface area contributed by atoms with Gasteiger partial charge in [0, 0.05) is 42.9 Å². The van der Waals surface area contributed by atoms with E-state index in [4.69, 9.17) is 26.3 Å². The fraction of sp³-hybridized carbons (Fsp3) is 0.658. The second-order valence-electron chi connectivity index (χ2n) is 15.8. The van der Waals surface area contributed by atoms with Gasteiger partial charge < -0.3 is 24.6 Å². The molecule has 2 aliphatic heterocycles. The van der Waals surface area contributed by atoms with Crippen molar-refractivity contribution < 1.29 is 19.1 Å². The van der Waals surface area contributed by atoms with Crippen LogP contribution in [0.25, 0.3) is 0 Å². The molecular formula is C38H51ClN6O4. The molecule has 0 unspecified atom stereocenters. The maximum Gasteiger partial charge on any atom is 0.410 e. The molecule has 10 nitrogen and oxygen atoms in total. The Labute approximate surface area is 295 Å². The molecule has 6 rings (SSSR count). The summed E-state index contributed by atoms with van der Waals surface area (Å²) < 4.78 is 11.6. The number of aromatic nitrogens is 2. The monoisotopic (exact) mass is 690 g/mol. The fourth-order valence-corrected chi connectivity index (χ4v) is 8.30. The molecule has 0 bridgehead atoms. The minimum atomic E-state index is -0.441. The molecule has 0 atom stereocenters. The van der Waals surface area contributed by atoms with Crippen LogP contribution in [0.15, 0.2) is 30.6 Å². The Balaban J connectivity index is 0.852. The summed E-state index contributed by atoms with van der Waals surface area (Å²) in [6.07, 6.45) is 15.9. The van der Waals surface area contributed by atoms with E-state index >= 15 is 0 Å². The van der Waals surface area contributed by atoms with Crippen LogP contribution in [0.1, 0.15) is 113 Å². The van der Waals surface area contributed by atoms with Crippen molar-refractivity contribution >= 4 is 23.6 Å². The Bertz CT molecular complexity index is 1490. The van der Waals surface area contributed by atoms with Gasteiger partial charge in [-0.1, -0.05) is 11.6 Å². The number of rotatable bonds is 8. The van der Waals surface area contributed by atoms with E-state index in [2.05, 4.69) is 26.3 Å². The molecule has 4 aliphatic rings. The molecule has 2 aromatic rings. The van der Waals surface area contributed by atoms with E-state index in [1.165, 1.54) is 38.5 Å². The Morgan fingerprint density at radius 2 is 1.73 bits per heavy atom. The van der Waals surface area contributed by atoms with E-state index in [0.29, 0.717) is 39.4 Å². The lowest BCUT2D eigenvalue weighted by molar-refractivity contribution is -0.0661. The summed E-state index contributed by atoms with van der Waals surface area (Å²) in [6, 6.07) is 7.95. The number of hydrogen-bond donors (Lipinski definition) is 1. The van der Waals surface area contributed by atoms with Gasteiger partial charge in [-0.2, -0.15) is 5.26 Å². The number of aryl methyl sites for hydroxylation is 1. The van der Waals surface area contributed by atoms with Crippen molar-refractivity contribution in [3.05, 3.63) is 52.6 Å². The second kappa shape index (κ2) is 15.2. The molecule has 2 amide bonds. The summed E-state index contributed by atoms with van der Waals surface area (Å²) in [7, 11) is 0. The topological polar surface area (TPSA) is 121 Å². The Morgan fingerprint density at radius 1 is 1.02 bits per heavy atom. The van der Waals surface area contributed by atoms with Crippen molar-refractivity contribution in [2.24, 2.45) is 11.3 Å². The van der Waals surface area contributed by atoms with Crippen molar-refractivity contribution in [3.8, 4) is 11.8 Å². The normalized spacial score (nSPS) is 25.6. The quantitative estimate of drug-likeness (QED) is 0.316. The van der Waals surface area contributed by atoms with Crippen LogP contribution in [-0.4, -0.2) is 81.7 Å². The number of carbonyl (C=O) groups is 2. The van der Waals surface area contributed by atoms with Crippen molar-refractivity contribution in [1.82, 2.24) is 25.1 Å². The lowest BCUT2D eigenvalue weighted by Crippen LogP contribution is -2.63. The van der Waals surface area contributed by atoms with E-state index in [1.54, 1.807) is 30.6 Å². The summed E-state index contributed by atoms with van der Waals surface area (Å²) >= 11 is 6.14. The minimum Gasteiger partial charge on any atom is -0.490 e. The average Bonchev–Trinajstić information content (AvgIpc) is 3.07. The van der Waals surface area contributed by atoms with Crippen molar-refractivity contribution in [3.63, 3.8) is 0 Å². The van der Waals surface area contributed by atoms with Gasteiger partial charge in [-0.25, -0.2) is 9.78 Å². The van der Waals surface area contributed by atoms with Crippen LogP contribution in [0, 0.1) is 22.7 Å². The molecule has 11 heteroatoms. The zero-order valence-corrected chi connectivity index (χ0v) is 30.0. The second-order valence-corrected chi connectivity index (χ2v) is 16.2. The van der Waals surface area contributed by atoms with Gasteiger partial charge in [0.2, 0.25) is 0 Å². The van der Waals surface area contributed by atoms with Gasteiger partial charge in [0.25, 0.3) is 5.91 Å². The maximum atomic E-state index is 12.9. The summed E-state index contributed by atoms with van der Waals surface area (Å²) in [5, 5.41) is 12.6. The van der Waals surface area contributed by atoms with E-state index in [9.17, 15) is 9.59 Å². The number of likely N-dealkylation sites (tertiary alicyclic amines) is 2. The number of amides is 2. The predicted molar refractivity (Wildman–Crippen MR) is 187 cm³/mol. The zero-order chi connectivity index (χ0) is 34.6. The number of piperidine rings is 1. The molecule has 2 aliphatic carbocycles. The van der Waals surface area contributed by atoms with Crippen LogP contribution in [0.3, 0.4) is 0 Å².